The number of imidazole rings is 1. The van der Waals surface area contributed by atoms with Crippen LogP contribution in [0.1, 0.15) is 57.3 Å². The molecular formula is C26H32N2O2. The minimum Gasteiger partial charge on any atom is -0.491 e. The molecule has 2 atom stereocenters. The van der Waals surface area contributed by atoms with Crippen molar-refractivity contribution in [2.75, 3.05) is 6.61 Å². The van der Waals surface area contributed by atoms with Crippen LogP contribution in [0.15, 0.2) is 60.7 Å². The molecule has 30 heavy (non-hydrogen) atoms. The minimum absolute atomic E-state index is 0.116. The lowest BCUT2D eigenvalue weighted by Gasteiger charge is -2.21. The second-order valence-electron chi connectivity index (χ2n) is 9.29. The van der Waals surface area contributed by atoms with Crippen LogP contribution in [0.5, 0.6) is 5.75 Å². The average Bonchev–Trinajstić information content (AvgIpc) is 3.11. The summed E-state index contributed by atoms with van der Waals surface area (Å²) in [5, 5.41) is 10.8. The second kappa shape index (κ2) is 8.65. The second-order valence-corrected chi connectivity index (χ2v) is 9.29. The first-order valence-electron chi connectivity index (χ1n) is 10.9. The van der Waals surface area contributed by atoms with Crippen LogP contribution in [0.4, 0.5) is 0 Å². The fourth-order valence-electron chi connectivity index (χ4n) is 4.13. The summed E-state index contributed by atoms with van der Waals surface area (Å²) in [7, 11) is 0. The molecule has 3 aromatic rings. The molecule has 158 valence electrons. The number of aliphatic hydroxyl groups is 1. The normalized spacial score (nSPS) is 17.9. The topological polar surface area (TPSA) is 47.3 Å². The number of hydrogen-bond donors (Lipinski definition) is 1. The van der Waals surface area contributed by atoms with Crippen molar-refractivity contribution in [1.82, 2.24) is 9.55 Å². The van der Waals surface area contributed by atoms with Gasteiger partial charge in [-0.25, -0.2) is 4.98 Å². The number of rotatable bonds is 6. The Kier molecular flexibility index (Phi) is 5.96. The van der Waals surface area contributed by atoms with Crippen LogP contribution in [0.25, 0.3) is 11.0 Å². The summed E-state index contributed by atoms with van der Waals surface area (Å²) >= 11 is 0. The van der Waals surface area contributed by atoms with E-state index in [1.54, 1.807) is 0 Å². The number of allylic oxidation sites excluding steroid dienone is 2. The Morgan fingerprint density at radius 2 is 1.87 bits per heavy atom. The van der Waals surface area contributed by atoms with Gasteiger partial charge in [-0.1, -0.05) is 57.2 Å². The fraction of sp³-hybridized carbons (Fsp3) is 0.423. The maximum atomic E-state index is 10.8. The number of fused-ring (bicyclic) bond motifs is 1. The van der Waals surface area contributed by atoms with Gasteiger partial charge in [0.05, 0.1) is 17.6 Å². The highest BCUT2D eigenvalue weighted by atomic mass is 16.5. The van der Waals surface area contributed by atoms with Crippen molar-refractivity contribution in [3.05, 3.63) is 72.1 Å². The highest BCUT2D eigenvalue weighted by Crippen LogP contribution is 2.31. The molecule has 4 rings (SSSR count). The quantitative estimate of drug-likeness (QED) is 0.544. The van der Waals surface area contributed by atoms with Crippen molar-refractivity contribution >= 4 is 11.0 Å². The van der Waals surface area contributed by atoms with Gasteiger partial charge in [0.15, 0.2) is 0 Å². The highest BCUT2D eigenvalue weighted by Gasteiger charge is 2.22. The van der Waals surface area contributed by atoms with E-state index < -0.39 is 6.10 Å². The van der Waals surface area contributed by atoms with E-state index in [0.717, 1.165) is 41.9 Å². The van der Waals surface area contributed by atoms with Gasteiger partial charge in [-0.05, 0) is 54.5 Å². The van der Waals surface area contributed by atoms with Gasteiger partial charge in [-0.15, -0.1) is 0 Å². The van der Waals surface area contributed by atoms with Crippen molar-refractivity contribution in [3.8, 4) is 5.75 Å². The average molecular weight is 405 g/mol. The highest BCUT2D eigenvalue weighted by molar-refractivity contribution is 5.76. The lowest BCUT2D eigenvalue weighted by molar-refractivity contribution is 0.0923. The summed E-state index contributed by atoms with van der Waals surface area (Å²) in [5.41, 5.74) is 3.46. The van der Waals surface area contributed by atoms with Crippen LogP contribution >= 0.6 is 0 Å². The summed E-state index contributed by atoms with van der Waals surface area (Å²) in [6.07, 6.45) is 7.09. The van der Waals surface area contributed by atoms with Crippen molar-refractivity contribution in [2.45, 2.75) is 64.0 Å². The van der Waals surface area contributed by atoms with E-state index in [-0.39, 0.29) is 12.0 Å². The number of benzene rings is 2. The molecule has 0 spiro atoms. The Labute approximate surface area is 179 Å². The molecule has 0 fully saturated rings. The van der Waals surface area contributed by atoms with Crippen LogP contribution < -0.4 is 4.74 Å². The summed E-state index contributed by atoms with van der Waals surface area (Å²) in [6.45, 7) is 7.33. The van der Waals surface area contributed by atoms with Crippen molar-refractivity contribution < 1.29 is 9.84 Å². The number of aliphatic hydroxyl groups excluding tert-OH is 1. The van der Waals surface area contributed by atoms with E-state index >= 15 is 0 Å². The Hall–Kier alpha value is -2.59. The van der Waals surface area contributed by atoms with Crippen molar-refractivity contribution in [3.63, 3.8) is 0 Å². The SMILES string of the molecule is CC(C)(C)c1ccc(OC[C@H](O)Cn2c([C@H]3CC=CCC3)nc3ccccc32)cc1. The molecule has 1 aliphatic carbocycles. The van der Waals surface area contributed by atoms with Gasteiger partial charge in [0.1, 0.15) is 24.3 Å². The van der Waals surface area contributed by atoms with Crippen LogP contribution in [0.3, 0.4) is 0 Å². The third-order valence-electron chi connectivity index (χ3n) is 5.87. The molecule has 4 heteroatoms. The molecule has 0 saturated carbocycles. The van der Waals surface area contributed by atoms with Gasteiger partial charge in [0, 0.05) is 5.92 Å². The molecule has 2 aromatic carbocycles. The Morgan fingerprint density at radius 1 is 1.10 bits per heavy atom. The number of ether oxygens (including phenoxy) is 1. The zero-order valence-electron chi connectivity index (χ0n) is 18.2. The smallest absolute Gasteiger partial charge is 0.119 e. The van der Waals surface area contributed by atoms with Gasteiger partial charge in [0.2, 0.25) is 0 Å². The largest absolute Gasteiger partial charge is 0.491 e. The van der Waals surface area contributed by atoms with E-state index in [4.69, 9.17) is 9.72 Å². The molecule has 0 saturated heterocycles. The molecular weight excluding hydrogens is 372 g/mol. The zero-order valence-corrected chi connectivity index (χ0v) is 18.2. The zero-order chi connectivity index (χ0) is 21.1. The lowest BCUT2D eigenvalue weighted by Crippen LogP contribution is -2.25. The van der Waals surface area contributed by atoms with Gasteiger partial charge in [-0.3, -0.25) is 0 Å². The summed E-state index contributed by atoms with van der Waals surface area (Å²) in [4.78, 5) is 4.92. The van der Waals surface area contributed by atoms with Crippen LogP contribution in [-0.2, 0) is 12.0 Å². The molecule has 0 radical (unpaired) electrons. The van der Waals surface area contributed by atoms with Crippen LogP contribution in [0.2, 0.25) is 0 Å². The Balaban J connectivity index is 1.47. The predicted molar refractivity (Wildman–Crippen MR) is 122 cm³/mol. The summed E-state index contributed by atoms with van der Waals surface area (Å²) < 4.78 is 8.08. The van der Waals surface area contributed by atoms with Gasteiger partial charge >= 0.3 is 0 Å². The third kappa shape index (κ3) is 4.59. The molecule has 0 bridgehead atoms. The number of para-hydroxylation sites is 2. The molecule has 1 N–H and O–H groups in total. The van der Waals surface area contributed by atoms with Crippen LogP contribution in [0, 0.1) is 0 Å². The molecule has 0 aliphatic heterocycles. The Bertz CT molecular complexity index is 1010. The van der Waals surface area contributed by atoms with Gasteiger partial charge < -0.3 is 14.4 Å². The molecule has 1 aliphatic rings. The van der Waals surface area contributed by atoms with E-state index in [0.29, 0.717) is 12.5 Å². The van der Waals surface area contributed by atoms with Crippen molar-refractivity contribution in [1.29, 1.82) is 0 Å². The lowest BCUT2D eigenvalue weighted by atomic mass is 9.87. The van der Waals surface area contributed by atoms with E-state index in [2.05, 4.69) is 55.7 Å². The summed E-state index contributed by atoms with van der Waals surface area (Å²) in [6, 6.07) is 16.4. The third-order valence-corrected chi connectivity index (χ3v) is 5.87. The number of aromatic nitrogens is 2. The van der Waals surface area contributed by atoms with Gasteiger partial charge in [-0.2, -0.15) is 0 Å². The first kappa shape index (κ1) is 20.7. The number of nitrogens with zero attached hydrogens (tertiary/aromatic N) is 2. The first-order chi connectivity index (χ1) is 14.4. The molecule has 4 nitrogen and oxygen atoms in total. The maximum Gasteiger partial charge on any atom is 0.119 e. The Morgan fingerprint density at radius 3 is 2.57 bits per heavy atom. The standard InChI is InChI=1S/C26H32N2O2/c1-26(2,3)20-13-15-22(16-14-20)30-18-21(29)17-28-24-12-8-7-11-23(24)27-25(28)19-9-5-4-6-10-19/h4-5,7-8,11-16,19,21,29H,6,9-10,17-18H2,1-3H3/t19-,21+/m0/s1. The number of hydrogen-bond acceptors (Lipinski definition) is 3. The molecule has 0 unspecified atom stereocenters. The molecule has 0 amide bonds. The van der Waals surface area contributed by atoms with Gasteiger partial charge in [0.25, 0.3) is 0 Å². The van der Waals surface area contributed by atoms with Crippen LogP contribution in [-0.4, -0.2) is 27.4 Å². The maximum absolute atomic E-state index is 10.8. The first-order valence-corrected chi connectivity index (χ1v) is 10.9. The molecule has 1 heterocycles. The summed E-state index contributed by atoms with van der Waals surface area (Å²) in [5.74, 6) is 2.27. The van der Waals surface area contributed by atoms with E-state index in [9.17, 15) is 5.11 Å². The predicted octanol–water partition coefficient (Wildman–Crippen LogP) is 5.60. The van der Waals surface area contributed by atoms with Crippen molar-refractivity contribution in [2.24, 2.45) is 0 Å². The van der Waals surface area contributed by atoms with E-state index in [1.165, 1.54) is 5.56 Å². The monoisotopic (exact) mass is 404 g/mol. The minimum atomic E-state index is -0.609. The fourth-order valence-corrected chi connectivity index (χ4v) is 4.13. The molecule has 1 aromatic heterocycles. The van der Waals surface area contributed by atoms with E-state index in [1.807, 2.05) is 30.3 Å².